The van der Waals surface area contributed by atoms with Crippen LogP contribution >= 0.6 is 0 Å². The van der Waals surface area contributed by atoms with Gasteiger partial charge >= 0.3 is 0 Å². The Morgan fingerprint density at radius 3 is 2.20 bits per heavy atom. The molecule has 30 heavy (non-hydrogen) atoms. The maximum atomic E-state index is 11.5. The van der Waals surface area contributed by atoms with Crippen LogP contribution in [0.5, 0.6) is 0 Å². The van der Waals surface area contributed by atoms with Crippen LogP contribution in [0.2, 0.25) is 0 Å². The molecular formula is C23H30N2O4S. The number of aldehydes is 1. The summed E-state index contributed by atoms with van der Waals surface area (Å²) in [5, 5.41) is 11.0. The molecule has 162 valence electrons. The van der Waals surface area contributed by atoms with Crippen LogP contribution in [0.4, 0.5) is 0 Å². The van der Waals surface area contributed by atoms with Crippen LogP contribution < -0.4 is 5.48 Å². The summed E-state index contributed by atoms with van der Waals surface area (Å²) in [7, 11) is 0.249. The third-order valence-corrected chi connectivity index (χ3v) is 6.01. The van der Waals surface area contributed by atoms with E-state index >= 15 is 0 Å². The second-order valence-electron chi connectivity index (χ2n) is 7.13. The van der Waals surface area contributed by atoms with E-state index in [2.05, 4.69) is 60.6 Å². The van der Waals surface area contributed by atoms with Gasteiger partial charge in [0, 0.05) is 36.9 Å². The number of hydrogen-bond donors (Lipinski definition) is 2. The third kappa shape index (κ3) is 6.86. The Bertz CT molecular complexity index is 851. The van der Waals surface area contributed by atoms with Gasteiger partial charge < -0.3 is 14.8 Å². The summed E-state index contributed by atoms with van der Waals surface area (Å²) in [6, 6.07) is 17.0. The summed E-state index contributed by atoms with van der Waals surface area (Å²) >= 11 is 0. The number of carbonyl (C=O) groups excluding carboxylic acids is 1. The predicted molar refractivity (Wildman–Crippen MR) is 121 cm³/mol. The second kappa shape index (κ2) is 12.4. The molecule has 3 atom stereocenters. The molecule has 0 saturated carbocycles. The van der Waals surface area contributed by atoms with E-state index in [-0.39, 0.29) is 6.10 Å². The van der Waals surface area contributed by atoms with Gasteiger partial charge in [0.2, 0.25) is 0 Å². The number of nitrogens with one attached hydrogen (secondary N) is 1. The van der Waals surface area contributed by atoms with Crippen LogP contribution in [-0.4, -0.2) is 46.1 Å². The van der Waals surface area contributed by atoms with Gasteiger partial charge in [-0.1, -0.05) is 67.0 Å². The molecule has 1 aliphatic heterocycles. The first-order valence-corrected chi connectivity index (χ1v) is 11.6. The van der Waals surface area contributed by atoms with Crippen molar-refractivity contribution in [2.24, 2.45) is 5.16 Å². The topological polar surface area (TPSA) is 88.0 Å². The Morgan fingerprint density at radius 1 is 1.17 bits per heavy atom. The molecule has 0 bridgehead atoms. The molecule has 3 rings (SSSR count). The van der Waals surface area contributed by atoms with E-state index < -0.39 is 16.0 Å². The highest BCUT2D eigenvalue weighted by Gasteiger charge is 2.27. The summed E-state index contributed by atoms with van der Waals surface area (Å²) in [6.07, 6.45) is 5.43. The van der Waals surface area contributed by atoms with Crippen molar-refractivity contribution < 1.29 is 19.0 Å². The normalized spacial score (nSPS) is 17.2. The van der Waals surface area contributed by atoms with E-state index in [4.69, 9.17) is 10.0 Å². The van der Waals surface area contributed by atoms with E-state index in [1.807, 2.05) is 0 Å². The lowest BCUT2D eigenvalue weighted by Crippen LogP contribution is -2.23. The smallest absolute Gasteiger partial charge is 0.135 e. The summed E-state index contributed by atoms with van der Waals surface area (Å²) in [4.78, 5) is 16.5. The quantitative estimate of drug-likeness (QED) is 0.492. The molecule has 1 heterocycles. The predicted octanol–water partition coefficient (Wildman–Crippen LogP) is 3.73. The van der Waals surface area contributed by atoms with Gasteiger partial charge in [-0.2, -0.15) is 0 Å². The Hall–Kier alpha value is -2.35. The molecule has 2 N–H and O–H groups in total. The molecular weight excluding hydrogens is 400 g/mol. The fourth-order valence-corrected chi connectivity index (χ4v) is 3.90. The SMILES string of the molecule is CCCc1ccc(-c2ccc(C3=NOC(CC(C=O)S(C)=O)C3)cc2)cc1.CNO. The number of aryl methyl sites for hydroxylation is 1. The lowest BCUT2D eigenvalue weighted by Gasteiger charge is -2.11. The first-order chi connectivity index (χ1) is 14.5. The number of hydroxylamine groups is 1. The third-order valence-electron chi connectivity index (χ3n) is 4.85. The van der Waals surface area contributed by atoms with Gasteiger partial charge in [0.15, 0.2) is 0 Å². The van der Waals surface area contributed by atoms with Crippen molar-refractivity contribution in [2.75, 3.05) is 13.3 Å². The molecule has 2 aromatic carbocycles. The lowest BCUT2D eigenvalue weighted by molar-refractivity contribution is -0.108. The summed E-state index contributed by atoms with van der Waals surface area (Å²) in [5.74, 6) is 0. The fraction of sp³-hybridized carbons (Fsp3) is 0.391. The standard InChI is InChI=1S/C22H25NO3S.CH5NO/c1-3-4-16-5-7-17(8-6-16)18-9-11-19(12-10-18)22-14-20(26-23-22)13-21(15-24)27(2)25;1-2-3/h5-12,15,20-21H,3-4,13-14H2,1-2H3;2-3H,1H3. The zero-order valence-corrected chi connectivity index (χ0v) is 18.5. The number of benzene rings is 2. The monoisotopic (exact) mass is 430 g/mol. The molecule has 0 fully saturated rings. The lowest BCUT2D eigenvalue weighted by atomic mass is 9.98. The Labute approximate surface area is 180 Å². The minimum atomic E-state index is -1.18. The molecule has 0 saturated heterocycles. The molecule has 6 nitrogen and oxygen atoms in total. The fourth-order valence-electron chi connectivity index (χ4n) is 3.26. The zero-order chi connectivity index (χ0) is 21.9. The Kier molecular flexibility index (Phi) is 9.86. The van der Waals surface area contributed by atoms with Gasteiger partial charge in [-0.15, -0.1) is 0 Å². The van der Waals surface area contributed by atoms with Gasteiger partial charge in [-0.05, 0) is 28.7 Å². The maximum absolute atomic E-state index is 11.5. The van der Waals surface area contributed by atoms with E-state index in [1.54, 1.807) is 11.7 Å². The van der Waals surface area contributed by atoms with Crippen molar-refractivity contribution in [1.82, 2.24) is 5.48 Å². The van der Waals surface area contributed by atoms with Gasteiger partial charge in [0.25, 0.3) is 0 Å². The van der Waals surface area contributed by atoms with E-state index in [1.165, 1.54) is 23.7 Å². The van der Waals surface area contributed by atoms with Crippen LogP contribution in [0.1, 0.15) is 37.3 Å². The van der Waals surface area contributed by atoms with Gasteiger partial charge in [0.1, 0.15) is 12.4 Å². The van der Waals surface area contributed by atoms with Crippen LogP contribution in [0.15, 0.2) is 53.7 Å². The van der Waals surface area contributed by atoms with E-state index in [0.29, 0.717) is 12.8 Å². The van der Waals surface area contributed by atoms with Crippen molar-refractivity contribution in [3.8, 4) is 11.1 Å². The minimum Gasteiger partial charge on any atom is -0.392 e. The molecule has 3 unspecified atom stereocenters. The van der Waals surface area contributed by atoms with Crippen LogP contribution in [-0.2, 0) is 26.9 Å². The van der Waals surface area contributed by atoms with E-state index in [9.17, 15) is 9.00 Å². The molecule has 7 heteroatoms. The number of carbonyl (C=O) groups is 1. The largest absolute Gasteiger partial charge is 0.392 e. The number of rotatable bonds is 8. The van der Waals surface area contributed by atoms with Crippen molar-refractivity contribution in [2.45, 2.75) is 44.0 Å². The number of oxime groups is 1. The molecule has 0 spiro atoms. The summed E-state index contributed by atoms with van der Waals surface area (Å²) in [5.41, 5.74) is 7.37. The van der Waals surface area contributed by atoms with E-state index in [0.717, 1.165) is 30.4 Å². The molecule has 0 aliphatic carbocycles. The number of nitrogens with zero attached hydrogens (tertiary/aromatic N) is 1. The number of hydrogen-bond acceptors (Lipinski definition) is 6. The summed E-state index contributed by atoms with van der Waals surface area (Å²) in [6.45, 7) is 2.19. The highest BCUT2D eigenvalue weighted by Crippen LogP contribution is 2.24. The molecule has 0 amide bonds. The Morgan fingerprint density at radius 2 is 1.70 bits per heavy atom. The Balaban J connectivity index is 0.00000101. The van der Waals surface area contributed by atoms with Crippen molar-refractivity contribution in [1.29, 1.82) is 0 Å². The summed E-state index contributed by atoms with van der Waals surface area (Å²) < 4.78 is 11.5. The molecule has 2 aromatic rings. The maximum Gasteiger partial charge on any atom is 0.135 e. The molecule has 1 aliphatic rings. The van der Waals surface area contributed by atoms with Crippen LogP contribution in [0.25, 0.3) is 11.1 Å². The van der Waals surface area contributed by atoms with Gasteiger partial charge in [-0.25, -0.2) is 5.48 Å². The first kappa shape index (κ1) is 23.9. The minimum absolute atomic E-state index is 0.190. The second-order valence-corrected chi connectivity index (χ2v) is 8.73. The van der Waals surface area contributed by atoms with Crippen molar-refractivity contribution in [3.05, 3.63) is 59.7 Å². The van der Waals surface area contributed by atoms with Crippen LogP contribution in [0, 0.1) is 0 Å². The van der Waals surface area contributed by atoms with Crippen LogP contribution in [0.3, 0.4) is 0 Å². The first-order valence-electron chi connectivity index (χ1n) is 10.0. The zero-order valence-electron chi connectivity index (χ0n) is 17.7. The molecule has 0 aromatic heterocycles. The van der Waals surface area contributed by atoms with Gasteiger partial charge in [-0.3, -0.25) is 4.21 Å². The highest BCUT2D eigenvalue weighted by atomic mass is 32.2. The average Bonchev–Trinajstić information content (AvgIpc) is 3.22. The highest BCUT2D eigenvalue weighted by molar-refractivity contribution is 7.85. The average molecular weight is 431 g/mol. The molecule has 0 radical (unpaired) electrons. The van der Waals surface area contributed by atoms with Gasteiger partial charge in [0.05, 0.1) is 11.0 Å². The van der Waals surface area contributed by atoms with Crippen molar-refractivity contribution >= 4 is 22.8 Å². The van der Waals surface area contributed by atoms with Crippen molar-refractivity contribution in [3.63, 3.8) is 0 Å².